The van der Waals surface area contributed by atoms with Crippen molar-refractivity contribution >= 4 is 17.9 Å². The first kappa shape index (κ1) is 64.3. The van der Waals surface area contributed by atoms with Gasteiger partial charge in [0, 0.05) is 19.3 Å². The van der Waals surface area contributed by atoms with E-state index in [-0.39, 0.29) is 31.1 Å². The van der Waals surface area contributed by atoms with Crippen LogP contribution in [-0.4, -0.2) is 37.2 Å². The molecule has 0 aliphatic heterocycles. The highest BCUT2D eigenvalue weighted by Gasteiger charge is 2.19. The summed E-state index contributed by atoms with van der Waals surface area (Å²) in [6.45, 7) is 6.37. The molecule has 0 radical (unpaired) electrons. The van der Waals surface area contributed by atoms with E-state index in [2.05, 4.69) is 99.8 Å². The zero-order chi connectivity index (χ0) is 49.3. The monoisotopic (exact) mass is 945 g/mol. The van der Waals surface area contributed by atoms with Gasteiger partial charge in [-0.1, -0.05) is 259 Å². The molecule has 0 heterocycles. The Morgan fingerprint density at radius 2 is 0.647 bits per heavy atom. The van der Waals surface area contributed by atoms with E-state index < -0.39 is 6.10 Å². The van der Waals surface area contributed by atoms with Crippen LogP contribution in [0.15, 0.2) is 97.2 Å². The maximum Gasteiger partial charge on any atom is 0.306 e. The minimum atomic E-state index is -0.793. The van der Waals surface area contributed by atoms with Crippen LogP contribution in [0.3, 0.4) is 0 Å². The van der Waals surface area contributed by atoms with Crippen molar-refractivity contribution in [1.82, 2.24) is 0 Å². The van der Waals surface area contributed by atoms with Crippen molar-refractivity contribution in [3.63, 3.8) is 0 Å². The molecular formula is C62H104O6. The standard InChI is InChI=1S/C62H104O6/c1-4-7-10-13-16-19-22-25-28-30-31-32-35-37-40-43-46-49-52-55-61(64)67-58-59(57-66-60(63)54-51-48-45-42-39-36-33-27-24-21-18-15-12-9-6-3)68-62(65)56-53-50-47-44-41-38-34-29-26-23-20-17-14-11-8-5-2/h7,9-10,12,15-16,18-19,21,24-25,27-28,31-33,59H,4-6,8,11,13-14,17,20,22-23,26,29-30,34-58H2,1-3H3/b10-7-,12-9-,18-15-,19-16-,24-21-,28-25-,32-31-,33-27-. The van der Waals surface area contributed by atoms with Gasteiger partial charge in [-0.3, -0.25) is 14.4 Å². The van der Waals surface area contributed by atoms with Gasteiger partial charge < -0.3 is 14.2 Å². The van der Waals surface area contributed by atoms with E-state index in [9.17, 15) is 14.4 Å². The first-order valence-corrected chi connectivity index (χ1v) is 28.3. The highest BCUT2D eigenvalue weighted by Crippen LogP contribution is 2.16. The fourth-order valence-corrected chi connectivity index (χ4v) is 7.74. The largest absolute Gasteiger partial charge is 0.462 e. The zero-order valence-corrected chi connectivity index (χ0v) is 44.3. The third-order valence-electron chi connectivity index (χ3n) is 11.9. The number of carbonyl (C=O) groups is 3. The first-order chi connectivity index (χ1) is 33.5. The third kappa shape index (κ3) is 53.3. The Labute approximate surface area is 419 Å². The molecule has 0 aliphatic carbocycles. The SMILES string of the molecule is CC\C=C/C=C\C=C/C=C\CCCCCCCC(=O)OCC(COC(=O)CCCCCCCC/C=C\C/C=C\C/C=C\C/C=C\CC)OC(=O)CCCCCCCCCCCCCCCCCC. The second-order valence-electron chi connectivity index (χ2n) is 18.5. The van der Waals surface area contributed by atoms with Gasteiger partial charge in [0.15, 0.2) is 6.10 Å². The molecule has 0 aromatic heterocycles. The highest BCUT2D eigenvalue weighted by molar-refractivity contribution is 5.71. The maximum atomic E-state index is 12.9. The fourth-order valence-electron chi connectivity index (χ4n) is 7.74. The smallest absolute Gasteiger partial charge is 0.306 e. The lowest BCUT2D eigenvalue weighted by Gasteiger charge is -2.18. The van der Waals surface area contributed by atoms with Crippen LogP contribution in [0.5, 0.6) is 0 Å². The Hall–Kier alpha value is -3.67. The molecule has 0 saturated heterocycles. The molecular weight excluding hydrogens is 841 g/mol. The predicted octanol–water partition coefficient (Wildman–Crippen LogP) is 18.9. The number of ether oxygens (including phenoxy) is 3. The number of rotatable bonds is 50. The fraction of sp³-hybridized carbons (Fsp3) is 0.694. The summed E-state index contributed by atoms with van der Waals surface area (Å²) in [4.78, 5) is 38.2. The lowest BCUT2D eigenvalue weighted by atomic mass is 10.0. The van der Waals surface area contributed by atoms with Crippen LogP contribution in [0.2, 0.25) is 0 Å². The lowest BCUT2D eigenvalue weighted by Crippen LogP contribution is -2.30. The molecule has 0 fully saturated rings. The lowest BCUT2D eigenvalue weighted by molar-refractivity contribution is -0.167. The second-order valence-corrected chi connectivity index (χ2v) is 18.5. The number of esters is 3. The van der Waals surface area contributed by atoms with Crippen LogP contribution in [0.25, 0.3) is 0 Å². The van der Waals surface area contributed by atoms with E-state index in [1.165, 1.54) is 96.3 Å². The molecule has 0 N–H and O–H groups in total. The van der Waals surface area contributed by atoms with E-state index in [4.69, 9.17) is 14.2 Å². The van der Waals surface area contributed by atoms with E-state index in [1.54, 1.807) is 0 Å². The van der Waals surface area contributed by atoms with Gasteiger partial charge in [-0.15, -0.1) is 0 Å². The maximum absolute atomic E-state index is 12.9. The van der Waals surface area contributed by atoms with Crippen LogP contribution in [-0.2, 0) is 28.6 Å². The van der Waals surface area contributed by atoms with Crippen molar-refractivity contribution in [3.05, 3.63) is 97.2 Å². The minimum Gasteiger partial charge on any atom is -0.462 e. The Balaban J connectivity index is 4.43. The van der Waals surface area contributed by atoms with Crippen molar-refractivity contribution in [2.24, 2.45) is 0 Å². The molecule has 0 aliphatic rings. The molecule has 0 rings (SSSR count). The number of carbonyl (C=O) groups excluding carboxylic acids is 3. The quantitative estimate of drug-likeness (QED) is 0.0199. The molecule has 6 heteroatoms. The molecule has 0 aromatic carbocycles. The average molecular weight is 946 g/mol. The van der Waals surface area contributed by atoms with Gasteiger partial charge in [0.1, 0.15) is 13.2 Å². The van der Waals surface area contributed by atoms with Gasteiger partial charge in [0.2, 0.25) is 0 Å². The molecule has 68 heavy (non-hydrogen) atoms. The number of hydrogen-bond acceptors (Lipinski definition) is 6. The third-order valence-corrected chi connectivity index (χ3v) is 11.9. The molecule has 0 bridgehead atoms. The van der Waals surface area contributed by atoms with E-state index in [0.29, 0.717) is 19.3 Å². The Kier molecular flexibility index (Phi) is 52.9. The summed E-state index contributed by atoms with van der Waals surface area (Å²) in [6, 6.07) is 0. The summed E-state index contributed by atoms with van der Waals surface area (Å²) in [6.07, 6.45) is 73.9. The van der Waals surface area contributed by atoms with E-state index in [0.717, 1.165) is 122 Å². The summed E-state index contributed by atoms with van der Waals surface area (Å²) in [5.41, 5.74) is 0. The molecule has 0 amide bonds. The number of hydrogen-bond donors (Lipinski definition) is 0. The van der Waals surface area contributed by atoms with Gasteiger partial charge in [0.05, 0.1) is 0 Å². The topological polar surface area (TPSA) is 78.9 Å². The van der Waals surface area contributed by atoms with Gasteiger partial charge in [-0.05, 0) is 77.0 Å². The minimum absolute atomic E-state index is 0.0919. The Morgan fingerprint density at radius 3 is 1.07 bits per heavy atom. The molecule has 0 saturated carbocycles. The van der Waals surface area contributed by atoms with Crippen LogP contribution >= 0.6 is 0 Å². The summed E-state index contributed by atoms with van der Waals surface area (Å²) in [7, 11) is 0. The number of unbranched alkanes of at least 4 members (excludes halogenated alkanes) is 26. The first-order valence-electron chi connectivity index (χ1n) is 28.3. The van der Waals surface area contributed by atoms with Crippen molar-refractivity contribution < 1.29 is 28.6 Å². The van der Waals surface area contributed by atoms with Crippen molar-refractivity contribution in [2.45, 2.75) is 264 Å². The van der Waals surface area contributed by atoms with E-state index in [1.807, 2.05) is 18.2 Å². The summed E-state index contributed by atoms with van der Waals surface area (Å²) >= 11 is 0. The average Bonchev–Trinajstić information content (AvgIpc) is 3.34. The molecule has 1 atom stereocenters. The Bertz CT molecular complexity index is 1360. The Morgan fingerprint density at radius 1 is 0.324 bits per heavy atom. The van der Waals surface area contributed by atoms with Crippen LogP contribution in [0.4, 0.5) is 0 Å². The number of allylic oxidation sites excluding steroid dienone is 16. The normalized spacial score (nSPS) is 12.8. The molecule has 1 unspecified atom stereocenters. The second kappa shape index (κ2) is 55.9. The van der Waals surface area contributed by atoms with Crippen LogP contribution in [0.1, 0.15) is 258 Å². The van der Waals surface area contributed by atoms with Crippen LogP contribution in [0, 0.1) is 0 Å². The van der Waals surface area contributed by atoms with Crippen LogP contribution < -0.4 is 0 Å². The van der Waals surface area contributed by atoms with Gasteiger partial charge in [-0.2, -0.15) is 0 Å². The molecule has 0 aromatic rings. The van der Waals surface area contributed by atoms with Crippen molar-refractivity contribution in [3.8, 4) is 0 Å². The molecule has 0 spiro atoms. The van der Waals surface area contributed by atoms with Crippen molar-refractivity contribution in [1.29, 1.82) is 0 Å². The summed E-state index contributed by atoms with van der Waals surface area (Å²) in [5.74, 6) is -0.923. The summed E-state index contributed by atoms with van der Waals surface area (Å²) in [5, 5.41) is 0. The van der Waals surface area contributed by atoms with Gasteiger partial charge in [-0.25, -0.2) is 0 Å². The summed E-state index contributed by atoms with van der Waals surface area (Å²) < 4.78 is 16.8. The van der Waals surface area contributed by atoms with E-state index >= 15 is 0 Å². The molecule has 388 valence electrons. The zero-order valence-electron chi connectivity index (χ0n) is 44.3. The molecule has 6 nitrogen and oxygen atoms in total. The predicted molar refractivity (Wildman–Crippen MR) is 293 cm³/mol. The van der Waals surface area contributed by atoms with Gasteiger partial charge in [0.25, 0.3) is 0 Å². The van der Waals surface area contributed by atoms with Gasteiger partial charge >= 0.3 is 17.9 Å². The van der Waals surface area contributed by atoms with Crippen molar-refractivity contribution in [2.75, 3.05) is 13.2 Å². The highest BCUT2D eigenvalue weighted by atomic mass is 16.6.